The minimum Gasteiger partial charge on any atom is -0.393 e. The van der Waals surface area contributed by atoms with Crippen LogP contribution >= 0.6 is 11.3 Å². The molecule has 1 aliphatic rings. The van der Waals surface area contributed by atoms with Crippen molar-refractivity contribution < 1.29 is 28.5 Å². The Morgan fingerprint density at radius 1 is 1.31 bits per heavy atom. The molecule has 7 nitrogen and oxygen atoms in total. The van der Waals surface area contributed by atoms with Crippen molar-refractivity contribution >= 4 is 27.3 Å². The number of allylic oxidation sites excluding steroid dienone is 2. The number of carbonyl (C=O) groups excluding carboxylic acids is 1. The van der Waals surface area contributed by atoms with Crippen LogP contribution in [0.5, 0.6) is 0 Å². The number of thiophene rings is 1. The molecular formula is C23H35NO6S2. The quantitative estimate of drug-likeness (QED) is 0.266. The number of aryl methyl sites for hydroxylation is 2. The number of hydrogen-bond acceptors (Lipinski definition) is 7. The summed E-state index contributed by atoms with van der Waals surface area (Å²) >= 11 is 1.70. The molecule has 0 radical (unpaired) electrons. The first kappa shape index (κ1) is 26.7. The molecule has 1 aliphatic carbocycles. The summed E-state index contributed by atoms with van der Waals surface area (Å²) in [4.78, 5) is 12.7. The predicted octanol–water partition coefficient (Wildman–Crippen LogP) is 2.46. The molecule has 1 heterocycles. The Morgan fingerprint density at radius 2 is 2.06 bits per heavy atom. The molecule has 4 N–H and O–H groups in total. The SMILES string of the molecule is Cc1sccc1CC[C@H](O)C=C[C@@H]1[C@@H](CC=CCCCC(=O)NS(C)(=O)=O)[C@@H](O)C[C@H]1O. The van der Waals surface area contributed by atoms with E-state index in [0.29, 0.717) is 32.1 Å². The van der Waals surface area contributed by atoms with E-state index in [1.54, 1.807) is 17.4 Å². The summed E-state index contributed by atoms with van der Waals surface area (Å²) in [5.41, 5.74) is 1.25. The number of unbranched alkanes of at least 4 members (excludes halogenated alkanes) is 1. The second-order valence-corrected chi connectivity index (χ2v) is 11.4. The van der Waals surface area contributed by atoms with Crippen LogP contribution in [0.4, 0.5) is 0 Å². The third kappa shape index (κ3) is 9.15. The zero-order chi connectivity index (χ0) is 23.7. The average Bonchev–Trinajstić information content (AvgIpc) is 3.21. The van der Waals surface area contributed by atoms with Crippen molar-refractivity contribution in [3.8, 4) is 0 Å². The van der Waals surface area contributed by atoms with Gasteiger partial charge in [-0.05, 0) is 62.0 Å². The van der Waals surface area contributed by atoms with Crippen LogP contribution in [0.25, 0.3) is 0 Å². The van der Waals surface area contributed by atoms with E-state index < -0.39 is 34.2 Å². The summed E-state index contributed by atoms with van der Waals surface area (Å²) in [5, 5.41) is 33.0. The van der Waals surface area contributed by atoms with Crippen LogP contribution in [0, 0.1) is 18.8 Å². The molecule has 1 amide bonds. The molecule has 0 spiro atoms. The van der Waals surface area contributed by atoms with E-state index in [9.17, 15) is 28.5 Å². The van der Waals surface area contributed by atoms with Gasteiger partial charge in [-0.2, -0.15) is 0 Å². The van der Waals surface area contributed by atoms with E-state index in [-0.39, 0.29) is 18.3 Å². The third-order valence-corrected chi connectivity index (χ3v) is 7.28. The second-order valence-electron chi connectivity index (χ2n) is 8.50. The van der Waals surface area contributed by atoms with E-state index in [2.05, 4.69) is 13.0 Å². The van der Waals surface area contributed by atoms with Gasteiger partial charge in [0, 0.05) is 23.6 Å². The van der Waals surface area contributed by atoms with Crippen LogP contribution in [-0.4, -0.2) is 54.2 Å². The first-order valence-corrected chi connectivity index (χ1v) is 13.7. The molecule has 1 fully saturated rings. The van der Waals surface area contributed by atoms with Crippen LogP contribution in [0.2, 0.25) is 0 Å². The van der Waals surface area contributed by atoms with Gasteiger partial charge in [0.15, 0.2) is 0 Å². The van der Waals surface area contributed by atoms with Crippen molar-refractivity contribution in [3.63, 3.8) is 0 Å². The highest BCUT2D eigenvalue weighted by molar-refractivity contribution is 7.89. The van der Waals surface area contributed by atoms with Gasteiger partial charge >= 0.3 is 0 Å². The maximum atomic E-state index is 11.5. The summed E-state index contributed by atoms with van der Waals surface area (Å²) < 4.78 is 23.9. The highest BCUT2D eigenvalue weighted by Crippen LogP contribution is 2.36. The lowest BCUT2D eigenvalue weighted by Gasteiger charge is -2.19. The molecular weight excluding hydrogens is 450 g/mol. The Morgan fingerprint density at radius 3 is 2.72 bits per heavy atom. The van der Waals surface area contributed by atoms with Gasteiger partial charge in [-0.15, -0.1) is 11.3 Å². The number of amides is 1. The fourth-order valence-electron chi connectivity index (χ4n) is 4.04. The number of sulfonamides is 1. The summed E-state index contributed by atoms with van der Waals surface area (Å²) in [6, 6.07) is 2.08. The van der Waals surface area contributed by atoms with Crippen molar-refractivity contribution in [1.82, 2.24) is 4.72 Å². The number of aliphatic hydroxyl groups is 3. The van der Waals surface area contributed by atoms with Crippen LogP contribution in [-0.2, 0) is 21.2 Å². The second kappa shape index (κ2) is 12.6. The van der Waals surface area contributed by atoms with Crippen LogP contribution in [0.15, 0.2) is 35.8 Å². The molecule has 180 valence electrons. The van der Waals surface area contributed by atoms with E-state index >= 15 is 0 Å². The zero-order valence-electron chi connectivity index (χ0n) is 18.7. The Hall–Kier alpha value is -1.52. The molecule has 0 aliphatic heterocycles. The lowest BCUT2D eigenvalue weighted by molar-refractivity contribution is -0.119. The molecule has 0 bridgehead atoms. The Bertz CT molecular complexity index is 892. The standard InChI is InChI=1S/C23H35NO6S2/c1-16-17(13-14-31-16)9-10-18(25)11-12-20-19(21(26)15-22(20)27)7-5-3-4-6-8-23(28)24-32(2,29)30/h3,5,11-14,18-22,25-27H,4,6-10,15H2,1-2H3,(H,24,28)/t18-,19+,20+,21-,22+/m0/s1. The molecule has 1 aromatic heterocycles. The first-order chi connectivity index (χ1) is 15.1. The number of carbonyl (C=O) groups is 1. The fraction of sp³-hybridized carbons (Fsp3) is 0.609. The summed E-state index contributed by atoms with van der Waals surface area (Å²) in [6.07, 6.45) is 10.0. The lowest BCUT2D eigenvalue weighted by atomic mass is 9.89. The monoisotopic (exact) mass is 485 g/mol. The third-order valence-electron chi connectivity index (χ3n) is 5.80. The molecule has 0 aromatic carbocycles. The number of hydrogen-bond donors (Lipinski definition) is 4. The molecule has 1 aromatic rings. The van der Waals surface area contributed by atoms with Gasteiger partial charge in [0.05, 0.1) is 24.6 Å². The topological polar surface area (TPSA) is 124 Å². The summed E-state index contributed by atoms with van der Waals surface area (Å²) in [7, 11) is -3.52. The zero-order valence-corrected chi connectivity index (χ0v) is 20.3. The van der Waals surface area contributed by atoms with Crippen LogP contribution in [0.1, 0.15) is 49.0 Å². The molecule has 0 unspecified atom stereocenters. The first-order valence-electron chi connectivity index (χ1n) is 11.0. The number of nitrogens with one attached hydrogen (secondary N) is 1. The normalized spacial score (nSPS) is 25.0. The average molecular weight is 486 g/mol. The van der Waals surface area contributed by atoms with Gasteiger partial charge in [-0.25, -0.2) is 8.42 Å². The highest BCUT2D eigenvalue weighted by Gasteiger charge is 2.39. The Kier molecular flexibility index (Phi) is 10.6. The van der Waals surface area contributed by atoms with Crippen molar-refractivity contribution in [2.75, 3.05) is 6.26 Å². The Balaban J connectivity index is 1.78. The van der Waals surface area contributed by atoms with Crippen molar-refractivity contribution in [3.05, 3.63) is 46.2 Å². The van der Waals surface area contributed by atoms with Gasteiger partial charge in [-0.1, -0.05) is 24.3 Å². The fourth-order valence-corrected chi connectivity index (χ4v) is 5.32. The molecule has 32 heavy (non-hydrogen) atoms. The van der Waals surface area contributed by atoms with Crippen LogP contribution < -0.4 is 4.72 Å². The molecule has 1 saturated carbocycles. The lowest BCUT2D eigenvalue weighted by Crippen LogP contribution is -2.28. The van der Waals surface area contributed by atoms with Gasteiger partial charge in [0.25, 0.3) is 0 Å². The summed E-state index contributed by atoms with van der Waals surface area (Å²) in [5.74, 6) is -0.891. The number of aliphatic hydroxyl groups excluding tert-OH is 3. The predicted molar refractivity (Wildman–Crippen MR) is 127 cm³/mol. The maximum Gasteiger partial charge on any atom is 0.233 e. The maximum absolute atomic E-state index is 11.5. The van der Waals surface area contributed by atoms with Crippen molar-refractivity contribution in [2.45, 2.75) is 70.2 Å². The van der Waals surface area contributed by atoms with E-state index in [0.717, 1.165) is 12.7 Å². The number of rotatable bonds is 12. The Labute approximate surface area is 194 Å². The van der Waals surface area contributed by atoms with E-state index in [1.165, 1.54) is 10.4 Å². The van der Waals surface area contributed by atoms with Crippen LogP contribution in [0.3, 0.4) is 0 Å². The van der Waals surface area contributed by atoms with Crippen molar-refractivity contribution in [1.29, 1.82) is 0 Å². The smallest absolute Gasteiger partial charge is 0.233 e. The van der Waals surface area contributed by atoms with Gasteiger partial charge < -0.3 is 15.3 Å². The van der Waals surface area contributed by atoms with Crippen molar-refractivity contribution in [2.24, 2.45) is 11.8 Å². The van der Waals surface area contributed by atoms with E-state index in [4.69, 9.17) is 0 Å². The van der Waals surface area contributed by atoms with Gasteiger partial charge in [-0.3, -0.25) is 9.52 Å². The van der Waals surface area contributed by atoms with Gasteiger partial charge in [0.2, 0.25) is 15.9 Å². The molecule has 2 rings (SSSR count). The van der Waals surface area contributed by atoms with Gasteiger partial charge in [0.1, 0.15) is 0 Å². The largest absolute Gasteiger partial charge is 0.393 e. The minimum absolute atomic E-state index is 0.121. The molecule has 0 saturated heterocycles. The van der Waals surface area contributed by atoms with E-state index in [1.807, 2.05) is 28.3 Å². The minimum atomic E-state index is -3.52. The summed E-state index contributed by atoms with van der Waals surface area (Å²) in [6.45, 7) is 2.07. The molecule has 9 heteroatoms. The molecule has 5 atom stereocenters. The highest BCUT2D eigenvalue weighted by atomic mass is 32.2.